The van der Waals surface area contributed by atoms with Gasteiger partial charge in [-0.15, -0.1) is 10.2 Å². The van der Waals surface area contributed by atoms with Gasteiger partial charge in [-0.05, 0) is 35.9 Å². The quantitative estimate of drug-likeness (QED) is 0.422. The van der Waals surface area contributed by atoms with E-state index in [0.29, 0.717) is 18.1 Å². The Morgan fingerprint density at radius 2 is 1.73 bits per heavy atom. The second-order valence-corrected chi connectivity index (χ2v) is 6.89. The molecule has 30 heavy (non-hydrogen) atoms. The van der Waals surface area contributed by atoms with E-state index in [1.165, 1.54) is 0 Å². The Hall–Kier alpha value is -4.13. The van der Waals surface area contributed by atoms with Gasteiger partial charge in [-0.3, -0.25) is 0 Å². The van der Waals surface area contributed by atoms with Crippen molar-refractivity contribution in [2.24, 2.45) is 7.05 Å². The fourth-order valence-corrected chi connectivity index (χ4v) is 3.22. The first-order valence-corrected chi connectivity index (χ1v) is 9.51. The number of aromatic nitrogens is 5. The Balaban J connectivity index is 1.37. The molecule has 0 saturated carbocycles. The standard InChI is InChI=1S/C23H19N5O2/c1-27-16-25-26-23(27)18-11-22(21-12-24-15-28(21)13-18)30-20-9-7-19(8-10-20)29-14-17-5-3-2-4-6-17/h2-13,15-16H,14H2,1H3. The molecule has 5 rings (SSSR count). The number of hydrogen-bond donors (Lipinski definition) is 0. The van der Waals surface area contributed by atoms with Crippen molar-refractivity contribution in [1.82, 2.24) is 24.1 Å². The molecular weight excluding hydrogens is 378 g/mol. The highest BCUT2D eigenvalue weighted by Gasteiger charge is 2.12. The number of rotatable bonds is 6. The minimum atomic E-state index is 0.525. The fraction of sp³-hybridized carbons (Fsp3) is 0.0870. The van der Waals surface area contributed by atoms with Crippen molar-refractivity contribution in [3.05, 3.63) is 91.3 Å². The number of fused-ring (bicyclic) bond motifs is 1. The van der Waals surface area contributed by atoms with E-state index in [0.717, 1.165) is 28.2 Å². The molecule has 2 aromatic carbocycles. The summed E-state index contributed by atoms with van der Waals surface area (Å²) in [7, 11) is 1.90. The van der Waals surface area contributed by atoms with Crippen LogP contribution in [0.25, 0.3) is 16.9 Å². The van der Waals surface area contributed by atoms with Gasteiger partial charge < -0.3 is 18.4 Å². The molecule has 148 valence electrons. The molecule has 0 amide bonds. The van der Waals surface area contributed by atoms with Crippen molar-refractivity contribution in [2.45, 2.75) is 6.61 Å². The summed E-state index contributed by atoms with van der Waals surface area (Å²) in [6, 6.07) is 19.6. The summed E-state index contributed by atoms with van der Waals surface area (Å²) in [5, 5.41) is 8.15. The second kappa shape index (κ2) is 7.71. The van der Waals surface area contributed by atoms with Gasteiger partial charge >= 0.3 is 0 Å². The van der Waals surface area contributed by atoms with Crippen LogP contribution in [0.15, 0.2) is 85.7 Å². The van der Waals surface area contributed by atoms with Crippen molar-refractivity contribution >= 4 is 5.52 Å². The lowest BCUT2D eigenvalue weighted by Gasteiger charge is -2.11. The zero-order valence-electron chi connectivity index (χ0n) is 16.3. The molecule has 7 heteroatoms. The summed E-state index contributed by atoms with van der Waals surface area (Å²) in [5.74, 6) is 2.93. The maximum absolute atomic E-state index is 6.17. The first kappa shape index (κ1) is 17.9. The van der Waals surface area contributed by atoms with Crippen LogP contribution in [0.2, 0.25) is 0 Å². The Kier molecular flexibility index (Phi) is 4.61. The summed E-state index contributed by atoms with van der Waals surface area (Å²) in [5.41, 5.74) is 2.88. The summed E-state index contributed by atoms with van der Waals surface area (Å²) in [6.45, 7) is 0.525. The van der Waals surface area contributed by atoms with Gasteiger partial charge in [-0.2, -0.15) is 0 Å². The van der Waals surface area contributed by atoms with Crippen LogP contribution in [0, 0.1) is 0 Å². The van der Waals surface area contributed by atoms with E-state index in [4.69, 9.17) is 9.47 Å². The van der Waals surface area contributed by atoms with Crippen LogP contribution < -0.4 is 9.47 Å². The number of pyridine rings is 1. The smallest absolute Gasteiger partial charge is 0.165 e. The van der Waals surface area contributed by atoms with Crippen LogP contribution >= 0.6 is 0 Å². The molecule has 0 unspecified atom stereocenters. The van der Waals surface area contributed by atoms with Crippen molar-refractivity contribution in [2.75, 3.05) is 0 Å². The van der Waals surface area contributed by atoms with Crippen molar-refractivity contribution in [3.63, 3.8) is 0 Å². The predicted octanol–water partition coefficient (Wildman–Crippen LogP) is 4.50. The van der Waals surface area contributed by atoms with E-state index in [2.05, 4.69) is 15.2 Å². The third-order valence-corrected chi connectivity index (χ3v) is 4.75. The van der Waals surface area contributed by atoms with E-state index in [9.17, 15) is 0 Å². The van der Waals surface area contributed by atoms with Crippen LogP contribution in [0.5, 0.6) is 17.2 Å². The van der Waals surface area contributed by atoms with Crippen molar-refractivity contribution < 1.29 is 9.47 Å². The van der Waals surface area contributed by atoms with Crippen LogP contribution in [0.1, 0.15) is 5.56 Å². The predicted molar refractivity (Wildman–Crippen MR) is 112 cm³/mol. The van der Waals surface area contributed by atoms with Crippen LogP contribution in [-0.2, 0) is 13.7 Å². The second-order valence-electron chi connectivity index (χ2n) is 6.89. The molecule has 0 aliphatic rings. The molecule has 0 N–H and O–H groups in total. The van der Waals surface area contributed by atoms with Gasteiger partial charge in [0.1, 0.15) is 29.9 Å². The normalized spacial score (nSPS) is 11.0. The first-order valence-electron chi connectivity index (χ1n) is 9.51. The largest absolute Gasteiger partial charge is 0.489 e. The molecule has 0 radical (unpaired) electrons. The lowest BCUT2D eigenvalue weighted by atomic mass is 10.2. The monoisotopic (exact) mass is 397 g/mol. The molecule has 0 aliphatic heterocycles. The summed E-state index contributed by atoms with van der Waals surface area (Å²) in [4.78, 5) is 4.24. The molecule has 0 atom stereocenters. The molecule has 0 bridgehead atoms. The minimum Gasteiger partial charge on any atom is -0.489 e. The third-order valence-electron chi connectivity index (χ3n) is 4.75. The first-order chi connectivity index (χ1) is 14.8. The van der Waals surface area contributed by atoms with Crippen molar-refractivity contribution in [1.29, 1.82) is 0 Å². The zero-order chi connectivity index (χ0) is 20.3. The highest BCUT2D eigenvalue weighted by atomic mass is 16.5. The van der Waals surface area contributed by atoms with Crippen molar-refractivity contribution in [3.8, 4) is 28.6 Å². The molecule has 5 aromatic rings. The topological polar surface area (TPSA) is 66.5 Å². The number of imidazole rings is 1. The van der Waals surface area contributed by atoms with Gasteiger partial charge in [-0.25, -0.2) is 4.98 Å². The van der Waals surface area contributed by atoms with Gasteiger partial charge in [0.15, 0.2) is 11.6 Å². The number of hydrogen-bond acceptors (Lipinski definition) is 5. The maximum Gasteiger partial charge on any atom is 0.165 e. The van der Waals surface area contributed by atoms with E-state index < -0.39 is 0 Å². The van der Waals surface area contributed by atoms with E-state index in [1.54, 1.807) is 18.9 Å². The molecule has 0 fully saturated rings. The SMILES string of the molecule is Cn1cnnc1-c1cc(Oc2ccc(OCc3ccccc3)cc2)c2cncn2c1. The van der Waals surface area contributed by atoms with Gasteiger partial charge in [0.05, 0.1) is 12.5 Å². The van der Waals surface area contributed by atoms with E-state index in [-0.39, 0.29) is 0 Å². The Morgan fingerprint density at radius 3 is 2.50 bits per heavy atom. The average molecular weight is 397 g/mol. The number of aryl methyl sites for hydroxylation is 1. The van der Waals surface area contributed by atoms with Gasteiger partial charge in [0.2, 0.25) is 0 Å². The van der Waals surface area contributed by atoms with E-state index >= 15 is 0 Å². The third kappa shape index (κ3) is 3.60. The van der Waals surface area contributed by atoms with Crippen LogP contribution in [-0.4, -0.2) is 24.1 Å². The van der Waals surface area contributed by atoms with Crippen LogP contribution in [0.4, 0.5) is 0 Å². The van der Waals surface area contributed by atoms with E-state index in [1.807, 2.05) is 82.9 Å². The maximum atomic E-state index is 6.17. The molecule has 0 saturated heterocycles. The highest BCUT2D eigenvalue weighted by Crippen LogP contribution is 2.31. The summed E-state index contributed by atoms with van der Waals surface area (Å²) < 4.78 is 15.8. The molecule has 0 aliphatic carbocycles. The number of ether oxygens (including phenoxy) is 2. The van der Waals surface area contributed by atoms with Crippen LogP contribution in [0.3, 0.4) is 0 Å². The fourth-order valence-electron chi connectivity index (χ4n) is 3.22. The number of benzene rings is 2. The zero-order valence-corrected chi connectivity index (χ0v) is 16.3. The lowest BCUT2D eigenvalue weighted by molar-refractivity contribution is 0.306. The molecule has 7 nitrogen and oxygen atoms in total. The number of nitrogens with zero attached hydrogens (tertiary/aromatic N) is 5. The highest BCUT2D eigenvalue weighted by molar-refractivity contribution is 5.68. The molecule has 0 spiro atoms. The minimum absolute atomic E-state index is 0.525. The summed E-state index contributed by atoms with van der Waals surface area (Å²) in [6.07, 6.45) is 7.14. The van der Waals surface area contributed by atoms with Gasteiger partial charge in [-0.1, -0.05) is 30.3 Å². The molecule has 3 heterocycles. The summed E-state index contributed by atoms with van der Waals surface area (Å²) >= 11 is 0. The van der Waals surface area contributed by atoms with Gasteiger partial charge in [0, 0.05) is 18.8 Å². The van der Waals surface area contributed by atoms with Gasteiger partial charge in [0.25, 0.3) is 0 Å². The molecular formula is C23H19N5O2. The Labute approximate surface area is 173 Å². The Morgan fingerprint density at radius 1 is 0.933 bits per heavy atom. The average Bonchev–Trinajstić information content (AvgIpc) is 3.43. The Bertz CT molecular complexity index is 1280. The molecule has 3 aromatic heterocycles. The lowest BCUT2D eigenvalue weighted by Crippen LogP contribution is -1.96.